The number of urea groups is 1. The van der Waals surface area contributed by atoms with Crippen molar-refractivity contribution in [2.24, 2.45) is 5.92 Å². The van der Waals surface area contributed by atoms with Crippen molar-refractivity contribution in [1.29, 1.82) is 0 Å². The first-order valence-electron chi connectivity index (χ1n) is 8.50. The molecule has 0 unspecified atom stereocenters. The molecule has 3 N–H and O–H groups in total. The van der Waals surface area contributed by atoms with Crippen LogP contribution in [0.4, 0.5) is 4.79 Å². The summed E-state index contributed by atoms with van der Waals surface area (Å²) in [5.74, 6) is 1.01. The van der Waals surface area contributed by atoms with Crippen molar-refractivity contribution in [3.05, 3.63) is 16.3 Å². The van der Waals surface area contributed by atoms with Gasteiger partial charge in [0.15, 0.2) is 5.82 Å². The van der Waals surface area contributed by atoms with Gasteiger partial charge < -0.3 is 15.1 Å². The van der Waals surface area contributed by atoms with Crippen molar-refractivity contribution in [2.45, 2.75) is 44.7 Å². The number of nitrogens with zero attached hydrogens (tertiary/aromatic N) is 3. The van der Waals surface area contributed by atoms with Gasteiger partial charge in [-0.15, -0.1) is 0 Å². The number of nitrogens with one attached hydrogen (secondary N) is 3. The number of aromatic nitrogens is 3. The molecule has 8 nitrogen and oxygen atoms in total. The third kappa shape index (κ3) is 3.93. The van der Waals surface area contributed by atoms with Crippen molar-refractivity contribution in [3.8, 4) is 0 Å². The number of amides is 2. The highest BCUT2D eigenvalue weighted by Crippen LogP contribution is 2.30. The van der Waals surface area contributed by atoms with E-state index in [1.165, 1.54) is 50.1 Å². The fourth-order valence-corrected chi connectivity index (χ4v) is 3.85. The lowest BCUT2D eigenvalue weighted by atomic mass is 9.83. The van der Waals surface area contributed by atoms with Gasteiger partial charge in [-0.3, -0.25) is 4.98 Å². The average molecular weight is 322 g/mol. The number of fused-ring (bicyclic) bond motifs is 1. The smallest absolute Gasteiger partial charge is 0.338 e. The Kier molecular flexibility index (Phi) is 5.00. The summed E-state index contributed by atoms with van der Waals surface area (Å²) in [6.45, 7) is 3.43. The van der Waals surface area contributed by atoms with Gasteiger partial charge in [0.2, 0.25) is 0 Å². The van der Waals surface area contributed by atoms with Crippen molar-refractivity contribution < 1.29 is 4.79 Å². The van der Waals surface area contributed by atoms with E-state index in [-0.39, 0.29) is 18.3 Å². The van der Waals surface area contributed by atoms with E-state index in [1.807, 2.05) is 0 Å². The molecule has 1 aromatic rings. The Hall–Kier alpha value is -1.83. The summed E-state index contributed by atoms with van der Waals surface area (Å²) in [5, 5.41) is 9.17. The number of aromatic amines is 2. The maximum Gasteiger partial charge on any atom is 0.340 e. The van der Waals surface area contributed by atoms with Crippen LogP contribution in [0.5, 0.6) is 0 Å². The summed E-state index contributed by atoms with van der Waals surface area (Å²) in [7, 11) is 1.70. The second-order valence-electron chi connectivity index (χ2n) is 6.67. The number of rotatable bonds is 4. The molecule has 1 aromatic heterocycles. The predicted octanol–water partition coefficient (Wildman–Crippen LogP) is 0.504. The number of carbonyl (C=O) groups excluding carboxylic acids is 1. The van der Waals surface area contributed by atoms with Crippen LogP contribution in [-0.2, 0) is 6.54 Å². The molecule has 0 spiro atoms. The van der Waals surface area contributed by atoms with Crippen molar-refractivity contribution in [2.75, 3.05) is 26.7 Å². The van der Waals surface area contributed by atoms with Gasteiger partial charge in [-0.1, -0.05) is 6.42 Å². The summed E-state index contributed by atoms with van der Waals surface area (Å²) in [6, 6.07) is 0.507. The zero-order valence-corrected chi connectivity index (χ0v) is 13.7. The van der Waals surface area contributed by atoms with Gasteiger partial charge in [0.1, 0.15) is 0 Å². The minimum absolute atomic E-state index is 0.123. The van der Waals surface area contributed by atoms with Gasteiger partial charge in [-0.2, -0.15) is 5.10 Å². The molecular formula is C15H26N6O2. The van der Waals surface area contributed by atoms with Crippen LogP contribution in [0.2, 0.25) is 0 Å². The van der Waals surface area contributed by atoms with Crippen molar-refractivity contribution in [1.82, 2.24) is 30.3 Å². The molecule has 2 amide bonds. The van der Waals surface area contributed by atoms with E-state index in [9.17, 15) is 9.59 Å². The topological polar surface area (TPSA) is 97.1 Å². The summed E-state index contributed by atoms with van der Waals surface area (Å²) >= 11 is 0. The molecule has 2 fully saturated rings. The number of carbonyl (C=O) groups is 1. The SMILES string of the molecule is CN(Cc1n[nH]c(=O)[nH]1)C(=O)NC[C@@H]1CCCN2CCCC[C@H]12. The molecule has 0 saturated carbocycles. The second-order valence-corrected chi connectivity index (χ2v) is 6.67. The van der Waals surface area contributed by atoms with Gasteiger partial charge in [-0.05, 0) is 44.7 Å². The van der Waals surface area contributed by atoms with Gasteiger partial charge in [0, 0.05) is 19.6 Å². The lowest BCUT2D eigenvalue weighted by molar-refractivity contribution is 0.0598. The second kappa shape index (κ2) is 7.16. The summed E-state index contributed by atoms with van der Waals surface area (Å²) in [4.78, 5) is 29.9. The van der Waals surface area contributed by atoms with Crippen LogP contribution < -0.4 is 11.0 Å². The largest absolute Gasteiger partial charge is 0.340 e. The number of hydrogen-bond donors (Lipinski definition) is 3. The van der Waals surface area contributed by atoms with E-state index in [2.05, 4.69) is 25.4 Å². The molecule has 23 heavy (non-hydrogen) atoms. The molecule has 2 aliphatic heterocycles. The van der Waals surface area contributed by atoms with Gasteiger partial charge in [0.25, 0.3) is 0 Å². The summed E-state index contributed by atoms with van der Waals surface area (Å²) < 4.78 is 0. The van der Waals surface area contributed by atoms with E-state index in [0.29, 0.717) is 17.8 Å². The van der Waals surface area contributed by atoms with Crippen molar-refractivity contribution >= 4 is 6.03 Å². The lowest BCUT2D eigenvalue weighted by Crippen LogP contribution is -2.51. The molecule has 128 valence electrons. The normalized spacial score (nSPS) is 24.9. The summed E-state index contributed by atoms with van der Waals surface area (Å²) in [5.41, 5.74) is -0.353. The molecule has 0 radical (unpaired) electrons. The molecule has 2 saturated heterocycles. The molecule has 0 aromatic carbocycles. The van der Waals surface area contributed by atoms with Crippen LogP contribution in [0.1, 0.15) is 37.9 Å². The van der Waals surface area contributed by atoms with Crippen molar-refractivity contribution in [3.63, 3.8) is 0 Å². The van der Waals surface area contributed by atoms with E-state index in [0.717, 1.165) is 6.54 Å². The predicted molar refractivity (Wildman–Crippen MR) is 86.0 cm³/mol. The van der Waals surface area contributed by atoms with E-state index >= 15 is 0 Å². The Labute approximate surface area is 135 Å². The van der Waals surface area contributed by atoms with Crippen LogP contribution in [0.15, 0.2) is 4.79 Å². The lowest BCUT2D eigenvalue weighted by Gasteiger charge is -2.44. The minimum Gasteiger partial charge on any atom is -0.338 e. The molecule has 8 heteroatoms. The maximum atomic E-state index is 12.2. The minimum atomic E-state index is -0.353. The zero-order valence-electron chi connectivity index (χ0n) is 13.7. The Morgan fingerprint density at radius 3 is 2.96 bits per heavy atom. The Morgan fingerprint density at radius 1 is 1.35 bits per heavy atom. The fourth-order valence-electron chi connectivity index (χ4n) is 3.85. The fraction of sp³-hybridized carbons (Fsp3) is 0.800. The van der Waals surface area contributed by atoms with E-state index < -0.39 is 0 Å². The maximum absolute atomic E-state index is 12.2. The molecule has 2 atom stereocenters. The first-order chi connectivity index (χ1) is 11.1. The first kappa shape index (κ1) is 16.0. The summed E-state index contributed by atoms with van der Waals surface area (Å²) in [6.07, 6.45) is 6.28. The third-order valence-electron chi connectivity index (χ3n) is 5.03. The third-order valence-corrected chi connectivity index (χ3v) is 5.03. The molecule has 3 rings (SSSR count). The van der Waals surface area contributed by atoms with Crippen LogP contribution in [0.3, 0.4) is 0 Å². The monoisotopic (exact) mass is 322 g/mol. The van der Waals surface area contributed by atoms with Crippen LogP contribution in [0.25, 0.3) is 0 Å². The van der Waals surface area contributed by atoms with Gasteiger partial charge in [0.05, 0.1) is 6.54 Å². The number of H-pyrrole nitrogens is 2. The number of hydrogen-bond acceptors (Lipinski definition) is 4. The average Bonchev–Trinajstić information content (AvgIpc) is 2.97. The first-order valence-corrected chi connectivity index (χ1v) is 8.50. The molecular weight excluding hydrogens is 296 g/mol. The Balaban J connectivity index is 1.48. The van der Waals surface area contributed by atoms with E-state index in [4.69, 9.17) is 0 Å². The van der Waals surface area contributed by atoms with Crippen LogP contribution >= 0.6 is 0 Å². The Morgan fingerprint density at radius 2 is 2.17 bits per heavy atom. The van der Waals surface area contributed by atoms with Crippen LogP contribution in [0, 0.1) is 5.92 Å². The quantitative estimate of drug-likeness (QED) is 0.752. The van der Waals surface area contributed by atoms with Gasteiger partial charge in [-0.25, -0.2) is 14.7 Å². The highest BCUT2D eigenvalue weighted by molar-refractivity contribution is 5.73. The molecule has 2 aliphatic rings. The van der Waals surface area contributed by atoms with Crippen LogP contribution in [-0.4, -0.2) is 63.7 Å². The Bertz CT molecular complexity index is 581. The molecule has 0 bridgehead atoms. The van der Waals surface area contributed by atoms with E-state index in [1.54, 1.807) is 7.05 Å². The zero-order chi connectivity index (χ0) is 16.2. The highest BCUT2D eigenvalue weighted by Gasteiger charge is 2.33. The van der Waals surface area contributed by atoms with Gasteiger partial charge >= 0.3 is 11.7 Å². The standard InChI is InChI=1S/C15H26N6O2/c1-20(10-13-17-14(22)19-18-13)15(23)16-9-11-5-4-8-21-7-3-2-6-12(11)21/h11-12H,2-10H2,1H3,(H,16,23)(H2,17,18,19,22)/t11-,12+/m0/s1. The molecule has 3 heterocycles. The highest BCUT2D eigenvalue weighted by atomic mass is 16.2. The number of piperidine rings is 2. The molecule has 0 aliphatic carbocycles.